The summed E-state index contributed by atoms with van der Waals surface area (Å²) in [7, 11) is 2.82. The zero-order valence-corrected chi connectivity index (χ0v) is 23.2. The van der Waals surface area contributed by atoms with Crippen molar-refractivity contribution in [1.29, 1.82) is 0 Å². The number of esters is 2. The monoisotopic (exact) mass is 514 g/mol. The van der Waals surface area contributed by atoms with Gasteiger partial charge in [0.25, 0.3) is 0 Å². The molecule has 208 valence electrons. The first kappa shape index (κ1) is 31.5. The molecule has 0 heterocycles. The first-order valence-electron chi connectivity index (χ1n) is 12.8. The Labute approximate surface area is 215 Å². The first-order chi connectivity index (χ1) is 16.6. The van der Waals surface area contributed by atoms with E-state index in [9.17, 15) is 19.2 Å². The Morgan fingerprint density at radius 2 is 0.833 bits per heavy atom. The number of carbonyl (C=O) groups excluding carboxylic acids is 4. The number of methoxy groups -OCH3 is 2. The van der Waals surface area contributed by atoms with Crippen molar-refractivity contribution in [3.05, 3.63) is 0 Å². The van der Waals surface area contributed by atoms with Gasteiger partial charge < -0.3 is 29.6 Å². The molecule has 0 aromatic rings. The third-order valence-electron chi connectivity index (χ3n) is 5.97. The van der Waals surface area contributed by atoms with Crippen LogP contribution < -0.4 is 10.6 Å². The molecule has 36 heavy (non-hydrogen) atoms. The molecule has 2 aliphatic carbocycles. The quantitative estimate of drug-likeness (QED) is 0.415. The van der Waals surface area contributed by atoms with E-state index in [0.29, 0.717) is 0 Å². The molecule has 0 saturated heterocycles. The van der Waals surface area contributed by atoms with E-state index in [1.54, 1.807) is 0 Å². The van der Waals surface area contributed by atoms with Crippen LogP contribution in [0.3, 0.4) is 0 Å². The van der Waals surface area contributed by atoms with Gasteiger partial charge in [-0.2, -0.15) is 0 Å². The maximum atomic E-state index is 11.6. The fourth-order valence-corrected chi connectivity index (χ4v) is 4.23. The molecule has 2 fully saturated rings. The van der Waals surface area contributed by atoms with Crippen molar-refractivity contribution in [3.63, 3.8) is 0 Å². The normalized spacial score (nSPS) is 24.2. The van der Waals surface area contributed by atoms with Crippen LogP contribution >= 0.6 is 0 Å². The number of rotatable bonds is 4. The smallest absolute Gasteiger partial charge is 0.407 e. The third kappa shape index (κ3) is 13.0. The number of amides is 2. The molecule has 2 N–H and O–H groups in total. The lowest BCUT2D eigenvalue weighted by Crippen LogP contribution is -2.41. The van der Waals surface area contributed by atoms with E-state index in [-0.39, 0.29) is 48.0 Å². The predicted octanol–water partition coefficient (Wildman–Crippen LogP) is 4.49. The van der Waals surface area contributed by atoms with Crippen LogP contribution in [0, 0.1) is 11.8 Å². The standard InChI is InChI=1S/2C13H23NO4/c2*1-13(2,3)18-12(16)14-10-7-5-9(6-8-10)11(15)17-4/h2*9-10H,5-8H2,1-4H3,(H,14,16). The molecule has 0 aromatic heterocycles. The largest absolute Gasteiger partial charge is 0.469 e. The van der Waals surface area contributed by atoms with Gasteiger partial charge in [-0.15, -0.1) is 0 Å². The molecule has 10 nitrogen and oxygen atoms in total. The van der Waals surface area contributed by atoms with E-state index in [1.165, 1.54) is 14.2 Å². The summed E-state index contributed by atoms with van der Waals surface area (Å²) in [5, 5.41) is 5.68. The topological polar surface area (TPSA) is 129 Å². The molecular weight excluding hydrogens is 468 g/mol. The highest BCUT2D eigenvalue weighted by Crippen LogP contribution is 2.26. The SMILES string of the molecule is COC(=O)C1CCC(NC(=O)OC(C)(C)C)CC1.COC(=O)C1CCC(NC(=O)OC(C)(C)C)CC1. The van der Waals surface area contributed by atoms with Crippen molar-refractivity contribution < 1.29 is 38.1 Å². The minimum absolute atomic E-state index is 0.0216. The number of hydrogen-bond donors (Lipinski definition) is 2. The summed E-state index contributed by atoms with van der Waals surface area (Å²) in [6, 6.07) is 0.196. The highest BCUT2D eigenvalue weighted by molar-refractivity contribution is 5.73. The van der Waals surface area contributed by atoms with Crippen molar-refractivity contribution >= 4 is 24.1 Å². The number of alkyl carbamates (subject to hydrolysis) is 2. The van der Waals surface area contributed by atoms with Gasteiger partial charge in [0.2, 0.25) is 0 Å². The summed E-state index contributed by atoms with van der Waals surface area (Å²) >= 11 is 0. The summed E-state index contributed by atoms with van der Waals surface area (Å²) in [6.07, 6.45) is 5.42. The molecule has 2 amide bonds. The van der Waals surface area contributed by atoms with Crippen LogP contribution in [0.25, 0.3) is 0 Å². The average molecular weight is 515 g/mol. The summed E-state index contributed by atoms with van der Waals surface area (Å²) in [5.74, 6) is -0.338. The minimum atomic E-state index is -0.479. The van der Waals surface area contributed by atoms with E-state index < -0.39 is 11.2 Å². The van der Waals surface area contributed by atoms with Gasteiger partial charge in [0, 0.05) is 12.1 Å². The summed E-state index contributed by atoms with van der Waals surface area (Å²) in [4.78, 5) is 45.8. The van der Waals surface area contributed by atoms with Crippen molar-refractivity contribution in [2.45, 2.75) is 116 Å². The Morgan fingerprint density at radius 1 is 0.556 bits per heavy atom. The molecule has 0 aliphatic heterocycles. The molecule has 0 bridgehead atoms. The molecule has 0 aromatic carbocycles. The lowest BCUT2D eigenvalue weighted by molar-refractivity contribution is -0.147. The fourth-order valence-electron chi connectivity index (χ4n) is 4.23. The molecule has 0 spiro atoms. The molecule has 0 atom stereocenters. The van der Waals surface area contributed by atoms with Crippen LogP contribution in [-0.4, -0.2) is 61.6 Å². The second kappa shape index (κ2) is 14.3. The maximum absolute atomic E-state index is 11.6. The molecule has 10 heteroatoms. The first-order valence-corrected chi connectivity index (χ1v) is 12.8. The number of carbonyl (C=O) groups is 4. The van der Waals surface area contributed by atoms with E-state index in [4.69, 9.17) is 18.9 Å². The van der Waals surface area contributed by atoms with Crippen LogP contribution in [0.2, 0.25) is 0 Å². The van der Waals surface area contributed by atoms with Crippen LogP contribution in [-0.2, 0) is 28.5 Å². The second-order valence-electron chi connectivity index (χ2n) is 11.4. The van der Waals surface area contributed by atoms with Gasteiger partial charge in [-0.1, -0.05) is 0 Å². The Kier molecular flexibility index (Phi) is 12.5. The summed E-state index contributed by atoms with van der Waals surface area (Å²) < 4.78 is 19.8. The van der Waals surface area contributed by atoms with Gasteiger partial charge >= 0.3 is 24.1 Å². The summed E-state index contributed by atoms with van der Waals surface area (Å²) in [6.45, 7) is 11.0. The van der Waals surface area contributed by atoms with Crippen LogP contribution in [0.1, 0.15) is 92.9 Å². The van der Waals surface area contributed by atoms with Gasteiger partial charge in [0.05, 0.1) is 26.1 Å². The van der Waals surface area contributed by atoms with E-state index in [2.05, 4.69) is 10.6 Å². The van der Waals surface area contributed by atoms with Crippen molar-refractivity contribution in [1.82, 2.24) is 10.6 Å². The molecule has 2 saturated carbocycles. The summed E-state index contributed by atoms with van der Waals surface area (Å²) in [5.41, 5.74) is -0.958. The fraction of sp³-hybridized carbons (Fsp3) is 0.846. The molecular formula is C26H46N2O8. The Morgan fingerprint density at radius 3 is 1.06 bits per heavy atom. The van der Waals surface area contributed by atoms with Crippen molar-refractivity contribution in [2.24, 2.45) is 11.8 Å². The van der Waals surface area contributed by atoms with Gasteiger partial charge in [-0.05, 0) is 92.9 Å². The maximum Gasteiger partial charge on any atom is 0.407 e. The van der Waals surface area contributed by atoms with E-state index in [1.807, 2.05) is 41.5 Å². The average Bonchev–Trinajstić information content (AvgIpc) is 2.77. The van der Waals surface area contributed by atoms with E-state index >= 15 is 0 Å². The lowest BCUT2D eigenvalue weighted by atomic mass is 9.86. The van der Waals surface area contributed by atoms with Crippen LogP contribution in [0.4, 0.5) is 9.59 Å². The van der Waals surface area contributed by atoms with E-state index in [0.717, 1.165) is 51.4 Å². The lowest BCUT2D eigenvalue weighted by Gasteiger charge is -2.28. The van der Waals surface area contributed by atoms with Gasteiger partial charge in [-0.25, -0.2) is 9.59 Å². The Hall–Kier alpha value is -2.52. The molecule has 0 unspecified atom stereocenters. The number of nitrogens with one attached hydrogen (secondary N) is 2. The zero-order chi connectivity index (χ0) is 27.5. The van der Waals surface area contributed by atoms with Crippen molar-refractivity contribution in [2.75, 3.05) is 14.2 Å². The minimum Gasteiger partial charge on any atom is -0.469 e. The van der Waals surface area contributed by atoms with Crippen LogP contribution in [0.15, 0.2) is 0 Å². The Balaban J connectivity index is 0.000000360. The van der Waals surface area contributed by atoms with Gasteiger partial charge in [0.1, 0.15) is 11.2 Å². The van der Waals surface area contributed by atoms with Gasteiger partial charge in [0.15, 0.2) is 0 Å². The number of ether oxygens (including phenoxy) is 4. The molecule has 2 aliphatic rings. The highest BCUT2D eigenvalue weighted by Gasteiger charge is 2.30. The van der Waals surface area contributed by atoms with Crippen molar-refractivity contribution in [3.8, 4) is 0 Å². The third-order valence-corrected chi connectivity index (χ3v) is 5.97. The van der Waals surface area contributed by atoms with Gasteiger partial charge in [-0.3, -0.25) is 9.59 Å². The molecule has 0 radical (unpaired) electrons. The van der Waals surface area contributed by atoms with Crippen LogP contribution in [0.5, 0.6) is 0 Å². The number of hydrogen-bond acceptors (Lipinski definition) is 8. The highest BCUT2D eigenvalue weighted by atomic mass is 16.6. The second-order valence-corrected chi connectivity index (χ2v) is 11.4. The predicted molar refractivity (Wildman–Crippen MR) is 134 cm³/mol. The Bertz CT molecular complexity index is 663. The zero-order valence-electron chi connectivity index (χ0n) is 23.2. The molecule has 2 rings (SSSR count).